The predicted octanol–water partition coefficient (Wildman–Crippen LogP) is 2.74. The Morgan fingerprint density at radius 1 is 1.29 bits per heavy atom. The molecule has 2 nitrogen and oxygen atoms in total. The van der Waals surface area contributed by atoms with E-state index in [1.54, 1.807) is 0 Å². The van der Waals surface area contributed by atoms with Gasteiger partial charge in [0.1, 0.15) is 0 Å². The molecule has 1 atom stereocenters. The van der Waals surface area contributed by atoms with Gasteiger partial charge in [0.2, 0.25) is 0 Å². The van der Waals surface area contributed by atoms with Crippen LogP contribution in [0.1, 0.15) is 38.5 Å². The minimum absolute atomic E-state index is 0.808. The first-order valence-electron chi connectivity index (χ1n) is 5.80. The highest BCUT2D eigenvalue weighted by Crippen LogP contribution is 2.26. The smallest absolute Gasteiger partial charge is 0.0958 e. The Hall–Kier alpha value is -0.180. The fourth-order valence-electron chi connectivity index (χ4n) is 2.29. The second kappa shape index (κ2) is 5.06. The molecule has 0 aliphatic carbocycles. The van der Waals surface area contributed by atoms with E-state index in [1.807, 2.05) is 0 Å². The van der Waals surface area contributed by atoms with E-state index < -0.39 is 0 Å². The van der Waals surface area contributed by atoms with Gasteiger partial charge in [-0.3, -0.25) is 5.41 Å². The topological polar surface area (TPSA) is 27.1 Å². The minimum atomic E-state index is 0.808. The Bertz CT molecular complexity index is 199. The first-order valence-corrected chi connectivity index (χ1v) is 6.85. The summed E-state index contributed by atoms with van der Waals surface area (Å²) in [5.41, 5.74) is 0. The van der Waals surface area contributed by atoms with Crippen molar-refractivity contribution in [3.05, 3.63) is 0 Å². The molecule has 2 heterocycles. The molecule has 0 bridgehead atoms. The standard InChI is InChI=1S/C11H20N2S/c12-11-6-1-3-7-13(11)9-10-5-2-4-8-14-10/h10,12H,1-9H2. The summed E-state index contributed by atoms with van der Waals surface area (Å²) >= 11 is 2.12. The van der Waals surface area contributed by atoms with Gasteiger partial charge in [-0.2, -0.15) is 11.8 Å². The van der Waals surface area contributed by atoms with E-state index in [2.05, 4.69) is 16.7 Å². The van der Waals surface area contributed by atoms with Gasteiger partial charge in [-0.15, -0.1) is 0 Å². The van der Waals surface area contributed by atoms with E-state index in [9.17, 15) is 0 Å². The molecular weight excluding hydrogens is 192 g/mol. The second-order valence-corrected chi connectivity index (χ2v) is 5.75. The average Bonchev–Trinajstić information content (AvgIpc) is 2.23. The molecule has 0 radical (unpaired) electrons. The molecule has 0 aromatic carbocycles. The Labute approximate surface area is 90.9 Å². The van der Waals surface area contributed by atoms with Crippen molar-refractivity contribution in [1.29, 1.82) is 5.41 Å². The molecule has 3 heteroatoms. The molecule has 0 aromatic heterocycles. The molecule has 0 aromatic rings. The largest absolute Gasteiger partial charge is 0.359 e. The Balaban J connectivity index is 1.79. The third-order valence-corrected chi connectivity index (χ3v) is 4.55. The van der Waals surface area contributed by atoms with Crippen LogP contribution in [-0.2, 0) is 0 Å². The normalized spacial score (nSPS) is 29.3. The lowest BCUT2D eigenvalue weighted by Gasteiger charge is -2.33. The summed E-state index contributed by atoms with van der Waals surface area (Å²) < 4.78 is 0. The maximum atomic E-state index is 7.88. The van der Waals surface area contributed by atoms with Gasteiger partial charge in [0.25, 0.3) is 0 Å². The monoisotopic (exact) mass is 212 g/mol. The zero-order valence-corrected chi connectivity index (χ0v) is 9.61. The van der Waals surface area contributed by atoms with Crippen molar-refractivity contribution in [2.45, 2.75) is 43.8 Å². The summed E-state index contributed by atoms with van der Waals surface area (Å²) in [6, 6.07) is 0. The SMILES string of the molecule is N=C1CCCCN1CC1CCCCS1. The van der Waals surface area contributed by atoms with E-state index in [0.29, 0.717) is 0 Å². The molecule has 0 spiro atoms. The summed E-state index contributed by atoms with van der Waals surface area (Å²) in [6.07, 6.45) is 7.70. The van der Waals surface area contributed by atoms with E-state index in [4.69, 9.17) is 5.41 Å². The van der Waals surface area contributed by atoms with Gasteiger partial charge in [0, 0.05) is 24.8 Å². The highest BCUT2D eigenvalue weighted by molar-refractivity contribution is 7.99. The molecule has 2 fully saturated rings. The second-order valence-electron chi connectivity index (χ2n) is 4.34. The number of thioether (sulfide) groups is 1. The van der Waals surface area contributed by atoms with Gasteiger partial charge < -0.3 is 4.90 Å². The molecule has 1 N–H and O–H groups in total. The van der Waals surface area contributed by atoms with Crippen molar-refractivity contribution in [1.82, 2.24) is 4.90 Å². The third-order valence-electron chi connectivity index (χ3n) is 3.17. The highest BCUT2D eigenvalue weighted by atomic mass is 32.2. The Kier molecular flexibility index (Phi) is 3.74. The third kappa shape index (κ3) is 2.66. The predicted molar refractivity (Wildman–Crippen MR) is 63.2 cm³/mol. The number of piperidine rings is 1. The lowest BCUT2D eigenvalue weighted by atomic mass is 10.1. The molecule has 0 saturated carbocycles. The maximum Gasteiger partial charge on any atom is 0.0958 e. The minimum Gasteiger partial charge on any atom is -0.359 e. The van der Waals surface area contributed by atoms with Crippen LogP contribution in [0.2, 0.25) is 0 Å². The van der Waals surface area contributed by atoms with Crippen molar-refractivity contribution < 1.29 is 0 Å². The summed E-state index contributed by atoms with van der Waals surface area (Å²) in [7, 11) is 0. The molecule has 14 heavy (non-hydrogen) atoms. The van der Waals surface area contributed by atoms with Gasteiger partial charge in [-0.05, 0) is 31.4 Å². The van der Waals surface area contributed by atoms with Gasteiger partial charge in [-0.1, -0.05) is 6.42 Å². The first-order chi connectivity index (χ1) is 6.86. The number of likely N-dealkylation sites (tertiary alicyclic amines) is 1. The number of hydrogen-bond donors (Lipinski definition) is 1. The number of hydrogen-bond acceptors (Lipinski definition) is 2. The van der Waals surface area contributed by atoms with Crippen molar-refractivity contribution in [3.8, 4) is 0 Å². The molecular formula is C11H20N2S. The Morgan fingerprint density at radius 2 is 2.21 bits per heavy atom. The Morgan fingerprint density at radius 3 is 2.93 bits per heavy atom. The molecule has 80 valence electrons. The van der Waals surface area contributed by atoms with Crippen LogP contribution in [0.3, 0.4) is 0 Å². The van der Waals surface area contributed by atoms with Crippen LogP contribution in [0.4, 0.5) is 0 Å². The number of amidine groups is 1. The molecule has 0 amide bonds. The highest BCUT2D eigenvalue weighted by Gasteiger charge is 2.21. The van der Waals surface area contributed by atoms with E-state index in [0.717, 1.165) is 30.6 Å². The molecule has 2 aliphatic heterocycles. The van der Waals surface area contributed by atoms with Crippen LogP contribution in [0, 0.1) is 5.41 Å². The number of rotatable bonds is 2. The summed E-state index contributed by atoms with van der Waals surface area (Å²) in [5.74, 6) is 2.23. The fraction of sp³-hybridized carbons (Fsp3) is 0.909. The van der Waals surface area contributed by atoms with Gasteiger partial charge in [-0.25, -0.2) is 0 Å². The van der Waals surface area contributed by atoms with Gasteiger partial charge in [0.15, 0.2) is 0 Å². The van der Waals surface area contributed by atoms with Crippen LogP contribution in [0.25, 0.3) is 0 Å². The van der Waals surface area contributed by atoms with Crippen LogP contribution in [0.5, 0.6) is 0 Å². The molecule has 2 aliphatic rings. The first kappa shape index (κ1) is 10.3. The van der Waals surface area contributed by atoms with Gasteiger partial charge in [0.05, 0.1) is 5.84 Å². The van der Waals surface area contributed by atoms with Crippen molar-refractivity contribution in [2.75, 3.05) is 18.8 Å². The van der Waals surface area contributed by atoms with Crippen LogP contribution >= 0.6 is 11.8 Å². The van der Waals surface area contributed by atoms with Gasteiger partial charge >= 0.3 is 0 Å². The molecule has 2 rings (SSSR count). The fourth-order valence-corrected chi connectivity index (χ4v) is 3.61. The van der Waals surface area contributed by atoms with Crippen molar-refractivity contribution in [2.24, 2.45) is 0 Å². The van der Waals surface area contributed by atoms with Crippen molar-refractivity contribution in [3.63, 3.8) is 0 Å². The van der Waals surface area contributed by atoms with E-state index >= 15 is 0 Å². The quantitative estimate of drug-likeness (QED) is 0.762. The van der Waals surface area contributed by atoms with E-state index in [1.165, 1.54) is 37.9 Å². The molecule has 2 saturated heterocycles. The zero-order chi connectivity index (χ0) is 9.80. The number of nitrogens with zero attached hydrogens (tertiary/aromatic N) is 1. The summed E-state index contributed by atoms with van der Waals surface area (Å²) in [4.78, 5) is 2.31. The van der Waals surface area contributed by atoms with Crippen LogP contribution in [-0.4, -0.2) is 34.8 Å². The summed E-state index contributed by atoms with van der Waals surface area (Å²) in [6.45, 7) is 2.28. The lowest BCUT2D eigenvalue weighted by molar-refractivity contribution is 0.359. The average molecular weight is 212 g/mol. The van der Waals surface area contributed by atoms with Crippen LogP contribution < -0.4 is 0 Å². The summed E-state index contributed by atoms with van der Waals surface area (Å²) in [5, 5.41) is 8.69. The van der Waals surface area contributed by atoms with E-state index in [-0.39, 0.29) is 0 Å². The maximum absolute atomic E-state index is 7.88. The molecule has 1 unspecified atom stereocenters. The lowest BCUT2D eigenvalue weighted by Crippen LogP contribution is -2.39. The van der Waals surface area contributed by atoms with Crippen LogP contribution in [0.15, 0.2) is 0 Å². The number of nitrogens with one attached hydrogen (secondary N) is 1. The zero-order valence-electron chi connectivity index (χ0n) is 8.80. The van der Waals surface area contributed by atoms with Crippen molar-refractivity contribution >= 4 is 17.6 Å².